The molecule has 0 aliphatic heterocycles. The fraction of sp³-hybridized carbons (Fsp3) is 0.0952. The smallest absolute Gasteiger partial charge is 0.338 e. The number of hydrogen-bond donors (Lipinski definition) is 1. The molecule has 0 saturated heterocycles. The van der Waals surface area contributed by atoms with Gasteiger partial charge in [-0.3, -0.25) is 14.6 Å². The van der Waals surface area contributed by atoms with Gasteiger partial charge in [-0.25, -0.2) is 0 Å². The lowest BCUT2D eigenvalue weighted by atomic mass is 10.1. The van der Waals surface area contributed by atoms with E-state index in [4.69, 9.17) is 0 Å². The van der Waals surface area contributed by atoms with E-state index in [1.807, 2.05) is 0 Å². The molecule has 2 aromatic heterocycles. The number of carbonyl (C=O) groups is 1. The van der Waals surface area contributed by atoms with E-state index < -0.39 is 17.6 Å². The van der Waals surface area contributed by atoms with E-state index in [0.29, 0.717) is 10.9 Å². The van der Waals surface area contributed by atoms with Crippen molar-refractivity contribution in [3.8, 4) is 0 Å². The van der Waals surface area contributed by atoms with Crippen LogP contribution in [-0.2, 0) is 17.5 Å². The Kier molecular flexibility index (Phi) is 4.54. The first-order chi connectivity index (χ1) is 13.8. The molecule has 1 amide bonds. The number of rotatable bonds is 3. The second kappa shape index (κ2) is 7.05. The predicted octanol–water partition coefficient (Wildman–Crippen LogP) is 4.21. The van der Waals surface area contributed by atoms with Gasteiger partial charge in [0.25, 0.3) is 0 Å². The average Bonchev–Trinajstić information content (AvgIpc) is 2.69. The molecule has 4 rings (SSSR count). The number of para-hydroxylation sites is 2. The average molecular weight is 397 g/mol. The van der Waals surface area contributed by atoms with Crippen molar-refractivity contribution >= 4 is 33.4 Å². The Morgan fingerprint density at radius 3 is 2.55 bits per heavy atom. The lowest BCUT2D eigenvalue weighted by Crippen LogP contribution is -2.20. The van der Waals surface area contributed by atoms with Crippen LogP contribution in [0.2, 0.25) is 0 Å². The second-order valence-corrected chi connectivity index (χ2v) is 6.43. The van der Waals surface area contributed by atoms with Gasteiger partial charge in [-0.05, 0) is 24.3 Å². The minimum absolute atomic E-state index is 0.108. The van der Waals surface area contributed by atoms with Gasteiger partial charge in [-0.2, -0.15) is 13.2 Å². The lowest BCUT2D eigenvalue weighted by Gasteiger charge is -2.14. The van der Waals surface area contributed by atoms with E-state index in [1.54, 1.807) is 28.8 Å². The highest BCUT2D eigenvalue weighted by molar-refractivity contribution is 6.02. The number of fused-ring (bicyclic) bond motifs is 2. The molecule has 0 aliphatic rings. The summed E-state index contributed by atoms with van der Waals surface area (Å²) in [4.78, 5) is 28.4. The third-order valence-corrected chi connectivity index (χ3v) is 4.55. The zero-order valence-electron chi connectivity index (χ0n) is 14.9. The van der Waals surface area contributed by atoms with Crippen LogP contribution in [0.1, 0.15) is 5.56 Å². The van der Waals surface area contributed by atoms with Gasteiger partial charge in [-0.1, -0.05) is 24.3 Å². The molecule has 146 valence electrons. The third kappa shape index (κ3) is 3.56. The van der Waals surface area contributed by atoms with Gasteiger partial charge in [-0.15, -0.1) is 0 Å². The maximum Gasteiger partial charge on any atom is 0.418 e. The Bertz CT molecular complexity index is 1300. The molecule has 0 spiro atoms. The number of carbonyl (C=O) groups excluding carboxylic acids is 1. The van der Waals surface area contributed by atoms with Crippen molar-refractivity contribution < 1.29 is 18.0 Å². The first kappa shape index (κ1) is 18.7. The summed E-state index contributed by atoms with van der Waals surface area (Å²) in [5.41, 5.74) is -0.424. The molecule has 8 heteroatoms. The maximum absolute atomic E-state index is 13.2. The quantitative estimate of drug-likeness (QED) is 0.563. The van der Waals surface area contributed by atoms with Gasteiger partial charge in [0.2, 0.25) is 5.91 Å². The molecule has 0 fully saturated rings. The van der Waals surface area contributed by atoms with E-state index in [1.165, 1.54) is 36.7 Å². The molecule has 2 aromatic carbocycles. The van der Waals surface area contributed by atoms with Crippen molar-refractivity contribution in [2.24, 2.45) is 0 Å². The number of benzene rings is 2. The molecule has 2 heterocycles. The summed E-state index contributed by atoms with van der Waals surface area (Å²) in [6.07, 6.45) is -1.82. The van der Waals surface area contributed by atoms with Crippen LogP contribution in [0.15, 0.2) is 71.8 Å². The number of anilines is 1. The van der Waals surface area contributed by atoms with Crippen LogP contribution in [0.5, 0.6) is 0 Å². The topological polar surface area (TPSA) is 64.0 Å². The number of halogens is 3. The van der Waals surface area contributed by atoms with E-state index in [-0.39, 0.29) is 28.6 Å². The Balaban J connectivity index is 1.67. The van der Waals surface area contributed by atoms with Crippen molar-refractivity contribution in [3.63, 3.8) is 0 Å². The van der Waals surface area contributed by atoms with Crippen molar-refractivity contribution in [1.29, 1.82) is 0 Å². The van der Waals surface area contributed by atoms with Crippen molar-refractivity contribution in [2.45, 2.75) is 12.7 Å². The normalized spacial score (nSPS) is 11.7. The Hall–Kier alpha value is -3.68. The van der Waals surface area contributed by atoms with Crippen LogP contribution in [0, 0.1) is 0 Å². The summed E-state index contributed by atoms with van der Waals surface area (Å²) in [6.45, 7) is -0.108. The summed E-state index contributed by atoms with van der Waals surface area (Å²) < 4.78 is 41.3. The van der Waals surface area contributed by atoms with Crippen molar-refractivity contribution in [2.75, 3.05) is 5.32 Å². The van der Waals surface area contributed by atoms with Crippen LogP contribution >= 0.6 is 0 Å². The Morgan fingerprint density at radius 2 is 1.76 bits per heavy atom. The van der Waals surface area contributed by atoms with Gasteiger partial charge < -0.3 is 9.88 Å². The van der Waals surface area contributed by atoms with Crippen molar-refractivity contribution in [3.05, 3.63) is 82.8 Å². The molecule has 0 radical (unpaired) electrons. The van der Waals surface area contributed by atoms with Gasteiger partial charge in [0, 0.05) is 29.2 Å². The molecular formula is C21H14F3N3O2. The Labute approximate surface area is 162 Å². The number of hydrogen-bond acceptors (Lipinski definition) is 3. The minimum Gasteiger partial charge on any atom is -0.338 e. The van der Waals surface area contributed by atoms with Gasteiger partial charge in [0.05, 0.1) is 22.3 Å². The van der Waals surface area contributed by atoms with E-state index in [0.717, 1.165) is 6.07 Å². The maximum atomic E-state index is 13.2. The third-order valence-electron chi connectivity index (χ3n) is 4.55. The van der Waals surface area contributed by atoms with Crippen LogP contribution in [-0.4, -0.2) is 15.5 Å². The SMILES string of the molecule is O=C(Cn1ccc(=O)c2ccccc21)Nc1ccnc2c(C(F)(F)F)cccc12. The number of amides is 1. The summed E-state index contributed by atoms with van der Waals surface area (Å²) in [6, 6.07) is 13.4. The highest BCUT2D eigenvalue weighted by Crippen LogP contribution is 2.35. The molecular weight excluding hydrogens is 383 g/mol. The van der Waals surface area contributed by atoms with E-state index >= 15 is 0 Å². The minimum atomic E-state index is -4.55. The number of pyridine rings is 2. The van der Waals surface area contributed by atoms with Crippen LogP contribution in [0.3, 0.4) is 0 Å². The lowest BCUT2D eigenvalue weighted by molar-refractivity contribution is -0.136. The molecule has 5 nitrogen and oxygen atoms in total. The zero-order valence-corrected chi connectivity index (χ0v) is 14.9. The molecule has 0 unspecified atom stereocenters. The number of nitrogens with zero attached hydrogens (tertiary/aromatic N) is 2. The number of alkyl halides is 3. The molecule has 1 N–H and O–H groups in total. The molecule has 0 aliphatic carbocycles. The molecule has 0 saturated carbocycles. The molecule has 29 heavy (non-hydrogen) atoms. The highest BCUT2D eigenvalue weighted by Gasteiger charge is 2.33. The van der Waals surface area contributed by atoms with E-state index in [9.17, 15) is 22.8 Å². The van der Waals surface area contributed by atoms with Gasteiger partial charge >= 0.3 is 6.18 Å². The summed E-state index contributed by atoms with van der Waals surface area (Å²) in [5, 5.41) is 3.32. The second-order valence-electron chi connectivity index (χ2n) is 6.43. The standard InChI is InChI=1S/C21H14F3N3O2/c22-21(23,24)15-6-3-5-13-16(8-10-25-20(13)15)26-19(29)12-27-11-9-18(28)14-4-1-2-7-17(14)27/h1-11H,12H2,(H,25,26,29). The fourth-order valence-corrected chi connectivity index (χ4v) is 3.26. The first-order valence-electron chi connectivity index (χ1n) is 8.67. The Morgan fingerprint density at radius 1 is 1.00 bits per heavy atom. The number of nitrogens with one attached hydrogen (secondary N) is 1. The zero-order chi connectivity index (χ0) is 20.6. The van der Waals surface area contributed by atoms with Crippen LogP contribution in [0.4, 0.5) is 18.9 Å². The van der Waals surface area contributed by atoms with Gasteiger partial charge in [0.1, 0.15) is 6.54 Å². The molecule has 0 atom stereocenters. The largest absolute Gasteiger partial charge is 0.418 e. The highest BCUT2D eigenvalue weighted by atomic mass is 19.4. The van der Waals surface area contributed by atoms with Gasteiger partial charge in [0.15, 0.2) is 5.43 Å². The van der Waals surface area contributed by atoms with Crippen LogP contribution < -0.4 is 10.7 Å². The van der Waals surface area contributed by atoms with Crippen molar-refractivity contribution in [1.82, 2.24) is 9.55 Å². The predicted molar refractivity (Wildman–Crippen MR) is 104 cm³/mol. The fourth-order valence-electron chi connectivity index (χ4n) is 3.26. The number of aromatic nitrogens is 2. The van der Waals surface area contributed by atoms with Crippen LogP contribution in [0.25, 0.3) is 21.8 Å². The molecule has 4 aromatic rings. The summed E-state index contributed by atoms with van der Waals surface area (Å²) in [7, 11) is 0. The van der Waals surface area contributed by atoms with E-state index in [2.05, 4.69) is 10.3 Å². The molecule has 0 bridgehead atoms. The summed E-state index contributed by atoms with van der Waals surface area (Å²) in [5.74, 6) is -0.441. The monoisotopic (exact) mass is 397 g/mol. The first-order valence-corrected chi connectivity index (χ1v) is 8.67. The summed E-state index contributed by atoms with van der Waals surface area (Å²) >= 11 is 0.